The summed E-state index contributed by atoms with van der Waals surface area (Å²) in [6.07, 6.45) is -5.31. The number of nitrogens with zero attached hydrogens (tertiary/aromatic N) is 1. The number of aromatic hydroxyl groups is 2. The summed E-state index contributed by atoms with van der Waals surface area (Å²) in [5.74, 6) is -2.00. The van der Waals surface area contributed by atoms with Crippen LogP contribution in [0.1, 0.15) is 17.9 Å². The Morgan fingerprint density at radius 2 is 1.91 bits per heavy atom. The summed E-state index contributed by atoms with van der Waals surface area (Å²) in [4.78, 5) is 14.7. The number of alkyl halides is 3. The van der Waals surface area contributed by atoms with Crippen LogP contribution in [0.15, 0.2) is 45.6 Å². The van der Waals surface area contributed by atoms with Gasteiger partial charge in [-0.2, -0.15) is 0 Å². The molecule has 170 valence electrons. The van der Waals surface area contributed by atoms with Crippen molar-refractivity contribution in [2.45, 2.75) is 24.8 Å². The quantitative estimate of drug-likeness (QED) is 0.560. The molecular weight excluding hydrogens is 431 g/mol. The topological polar surface area (TPSA) is 103 Å². The minimum atomic E-state index is -4.89. The molecule has 1 aromatic heterocycles. The summed E-state index contributed by atoms with van der Waals surface area (Å²) < 4.78 is 47.5. The monoisotopic (exact) mass is 451 g/mol. The Bertz CT molecular complexity index is 1220. The van der Waals surface area contributed by atoms with Crippen molar-refractivity contribution in [3.63, 3.8) is 0 Å². The molecule has 0 saturated carbocycles. The van der Waals surface area contributed by atoms with Gasteiger partial charge in [-0.15, -0.1) is 13.2 Å². The third-order valence-electron chi connectivity index (χ3n) is 5.51. The van der Waals surface area contributed by atoms with Gasteiger partial charge in [0.25, 0.3) is 0 Å². The SMILES string of the molecule is CN1CC[C@H](c2c(O)cc(O)c3c(=O)cc(-c4cccc(OC(F)(F)F)c4)oc23)[C@H](O)C1. The second-order valence-corrected chi connectivity index (χ2v) is 7.81. The predicted octanol–water partition coefficient (Wildman–Crippen LogP) is 3.55. The minimum absolute atomic E-state index is 0.0798. The molecule has 1 fully saturated rings. The summed E-state index contributed by atoms with van der Waals surface area (Å²) in [5, 5.41) is 31.2. The van der Waals surface area contributed by atoms with Gasteiger partial charge in [0.15, 0.2) is 5.43 Å². The molecule has 0 bridgehead atoms. The van der Waals surface area contributed by atoms with E-state index in [-0.39, 0.29) is 33.6 Å². The summed E-state index contributed by atoms with van der Waals surface area (Å²) in [7, 11) is 1.84. The first-order chi connectivity index (χ1) is 15.0. The van der Waals surface area contributed by atoms with E-state index in [1.165, 1.54) is 12.1 Å². The van der Waals surface area contributed by atoms with Crippen molar-refractivity contribution in [2.24, 2.45) is 0 Å². The normalized spacial score (nSPS) is 19.9. The van der Waals surface area contributed by atoms with E-state index in [1.807, 2.05) is 11.9 Å². The van der Waals surface area contributed by atoms with E-state index < -0.39 is 35.3 Å². The highest BCUT2D eigenvalue weighted by Crippen LogP contribution is 2.42. The average Bonchev–Trinajstić information content (AvgIpc) is 2.67. The number of phenols is 2. The van der Waals surface area contributed by atoms with Crippen molar-refractivity contribution >= 4 is 11.0 Å². The van der Waals surface area contributed by atoms with Crippen molar-refractivity contribution in [1.29, 1.82) is 0 Å². The van der Waals surface area contributed by atoms with Crippen molar-refractivity contribution in [1.82, 2.24) is 4.90 Å². The molecule has 2 aromatic carbocycles. The molecule has 0 radical (unpaired) electrons. The van der Waals surface area contributed by atoms with Crippen LogP contribution in [0.5, 0.6) is 17.2 Å². The molecule has 3 N–H and O–H groups in total. The number of halogens is 3. The Morgan fingerprint density at radius 1 is 1.16 bits per heavy atom. The molecule has 1 saturated heterocycles. The van der Waals surface area contributed by atoms with Gasteiger partial charge in [-0.25, -0.2) is 0 Å². The van der Waals surface area contributed by atoms with Crippen molar-refractivity contribution < 1.29 is 37.6 Å². The number of hydrogen-bond donors (Lipinski definition) is 3. The van der Waals surface area contributed by atoms with E-state index in [4.69, 9.17) is 4.42 Å². The van der Waals surface area contributed by atoms with E-state index in [2.05, 4.69) is 4.74 Å². The number of likely N-dealkylation sites (tertiary alicyclic amines) is 1. The fourth-order valence-electron chi connectivity index (χ4n) is 4.10. The maximum Gasteiger partial charge on any atom is 0.573 e. The van der Waals surface area contributed by atoms with Crippen LogP contribution < -0.4 is 10.2 Å². The second kappa shape index (κ2) is 8.03. The molecule has 0 aliphatic carbocycles. The minimum Gasteiger partial charge on any atom is -0.507 e. The van der Waals surface area contributed by atoms with Crippen LogP contribution in [0.25, 0.3) is 22.3 Å². The van der Waals surface area contributed by atoms with Crippen LogP contribution in [-0.4, -0.2) is 52.8 Å². The molecule has 2 heterocycles. The first kappa shape index (κ1) is 22.0. The molecule has 0 amide bonds. The molecule has 2 atom stereocenters. The van der Waals surface area contributed by atoms with E-state index in [0.717, 1.165) is 24.3 Å². The lowest BCUT2D eigenvalue weighted by Gasteiger charge is -2.34. The molecule has 32 heavy (non-hydrogen) atoms. The lowest BCUT2D eigenvalue weighted by molar-refractivity contribution is -0.274. The zero-order valence-electron chi connectivity index (χ0n) is 16.9. The number of hydrogen-bond acceptors (Lipinski definition) is 7. The standard InChI is InChI=1S/C22H20F3NO6/c1-26-6-5-13(17(30)10-26)19-14(27)8-15(28)20-16(29)9-18(31-21(19)20)11-3-2-4-12(7-11)32-22(23,24)25/h2-4,7-9,13,17,27-28,30H,5-6,10H2,1H3/t13-,17+/m0/s1. The first-order valence-electron chi connectivity index (χ1n) is 9.79. The lowest BCUT2D eigenvalue weighted by Crippen LogP contribution is -2.40. The largest absolute Gasteiger partial charge is 0.573 e. The van der Waals surface area contributed by atoms with Gasteiger partial charge in [0.05, 0.1) is 6.10 Å². The number of aliphatic hydroxyl groups is 1. The van der Waals surface area contributed by atoms with E-state index >= 15 is 0 Å². The van der Waals surface area contributed by atoms with Gasteiger partial charge in [-0.05, 0) is 32.1 Å². The molecule has 0 unspecified atom stereocenters. The Morgan fingerprint density at radius 3 is 2.59 bits per heavy atom. The zero-order valence-corrected chi connectivity index (χ0v) is 16.9. The molecule has 7 nitrogen and oxygen atoms in total. The highest BCUT2D eigenvalue weighted by molar-refractivity contribution is 5.89. The zero-order chi connectivity index (χ0) is 23.2. The Labute approximate surface area is 179 Å². The highest BCUT2D eigenvalue weighted by atomic mass is 19.4. The van der Waals surface area contributed by atoms with E-state index in [0.29, 0.717) is 19.5 Å². The van der Waals surface area contributed by atoms with Gasteiger partial charge in [-0.3, -0.25) is 4.79 Å². The number of aliphatic hydroxyl groups excluding tert-OH is 1. The summed E-state index contributed by atoms with van der Waals surface area (Å²) in [6, 6.07) is 6.97. The number of ether oxygens (including phenoxy) is 1. The number of benzene rings is 2. The predicted molar refractivity (Wildman–Crippen MR) is 109 cm³/mol. The smallest absolute Gasteiger partial charge is 0.507 e. The average molecular weight is 451 g/mol. The number of likely N-dealkylation sites (N-methyl/N-ethyl adjacent to an activating group) is 1. The maximum absolute atomic E-state index is 12.8. The number of fused-ring (bicyclic) bond motifs is 1. The fourth-order valence-corrected chi connectivity index (χ4v) is 4.10. The maximum atomic E-state index is 12.8. The Balaban J connectivity index is 1.89. The summed E-state index contributed by atoms with van der Waals surface area (Å²) in [5.41, 5.74) is -0.478. The van der Waals surface area contributed by atoms with Crippen LogP contribution in [0.2, 0.25) is 0 Å². The van der Waals surface area contributed by atoms with E-state index in [1.54, 1.807) is 0 Å². The summed E-state index contributed by atoms with van der Waals surface area (Å²) in [6.45, 7) is 0.942. The molecule has 1 aliphatic heterocycles. The van der Waals surface area contributed by atoms with Gasteiger partial charge < -0.3 is 29.4 Å². The molecule has 1 aliphatic rings. The second-order valence-electron chi connectivity index (χ2n) is 7.81. The number of piperidine rings is 1. The molecule has 10 heteroatoms. The van der Waals surface area contributed by atoms with Gasteiger partial charge in [0.2, 0.25) is 0 Å². The van der Waals surface area contributed by atoms with Crippen LogP contribution in [0, 0.1) is 0 Å². The van der Waals surface area contributed by atoms with Gasteiger partial charge >= 0.3 is 6.36 Å². The van der Waals surface area contributed by atoms with Crippen molar-refractivity contribution in [2.75, 3.05) is 20.1 Å². The van der Waals surface area contributed by atoms with Gasteiger partial charge in [0.1, 0.15) is 34.0 Å². The van der Waals surface area contributed by atoms with Gasteiger partial charge in [-0.1, -0.05) is 12.1 Å². The third-order valence-corrected chi connectivity index (χ3v) is 5.51. The fraction of sp³-hybridized carbons (Fsp3) is 0.318. The molecule has 3 aromatic rings. The van der Waals surface area contributed by atoms with E-state index in [9.17, 15) is 33.3 Å². The molecule has 0 spiro atoms. The van der Waals surface area contributed by atoms with Gasteiger partial charge in [0, 0.05) is 35.7 Å². The lowest BCUT2D eigenvalue weighted by atomic mass is 9.85. The number of rotatable bonds is 3. The number of phenolic OH excluding ortho intramolecular Hbond substituents is 2. The first-order valence-corrected chi connectivity index (χ1v) is 9.79. The molecule has 4 rings (SSSR count). The number of β-amino-alcohol motifs (C(OH)–C–C–N with tert-alkyl or cyclic N) is 1. The summed E-state index contributed by atoms with van der Waals surface area (Å²) >= 11 is 0. The molecular formula is C22H20F3NO6. The Hall–Kier alpha value is -3.24. The van der Waals surface area contributed by atoms with Crippen LogP contribution in [-0.2, 0) is 0 Å². The van der Waals surface area contributed by atoms with Crippen LogP contribution in [0.3, 0.4) is 0 Å². The highest BCUT2D eigenvalue weighted by Gasteiger charge is 2.33. The van der Waals surface area contributed by atoms with Crippen LogP contribution in [0.4, 0.5) is 13.2 Å². The Kier molecular flexibility index (Phi) is 5.51. The van der Waals surface area contributed by atoms with Crippen LogP contribution >= 0.6 is 0 Å². The van der Waals surface area contributed by atoms with Crippen molar-refractivity contribution in [3.05, 3.63) is 52.2 Å². The third kappa shape index (κ3) is 4.23. The van der Waals surface area contributed by atoms with Crippen molar-refractivity contribution in [3.8, 4) is 28.6 Å².